The largest absolute Gasteiger partial charge is 0.314 e. The molecule has 0 saturated carbocycles. The van der Waals surface area contributed by atoms with E-state index in [9.17, 15) is 0 Å². The van der Waals surface area contributed by atoms with Crippen LogP contribution in [0, 0.1) is 26.7 Å². The lowest BCUT2D eigenvalue weighted by atomic mass is 9.88. The summed E-state index contributed by atoms with van der Waals surface area (Å²) >= 11 is 0. The van der Waals surface area contributed by atoms with Crippen molar-refractivity contribution in [2.24, 2.45) is 5.92 Å². The monoisotopic (exact) mass is 346 g/mol. The van der Waals surface area contributed by atoms with Crippen LogP contribution in [-0.2, 0) is 0 Å². The molecular weight excluding hydrogens is 315 g/mol. The maximum absolute atomic E-state index is 3.47. The fourth-order valence-corrected chi connectivity index (χ4v) is 3.61. The lowest BCUT2D eigenvalue weighted by Crippen LogP contribution is -2.45. The van der Waals surface area contributed by atoms with Crippen LogP contribution < -0.4 is 5.32 Å². The summed E-state index contributed by atoms with van der Waals surface area (Å²) in [4.78, 5) is 2.68. The molecule has 1 aliphatic rings. The van der Waals surface area contributed by atoms with Crippen molar-refractivity contribution in [1.29, 1.82) is 0 Å². The molecule has 1 heterocycles. The topological polar surface area (TPSA) is 15.3 Å². The molecule has 2 rings (SSSR count). The first-order chi connectivity index (χ1) is 9.49. The summed E-state index contributed by atoms with van der Waals surface area (Å²) in [6, 6.07) is 5.27. The molecule has 1 fully saturated rings. The molecule has 0 aromatic heterocycles. The van der Waals surface area contributed by atoms with Gasteiger partial charge in [-0.25, -0.2) is 0 Å². The minimum atomic E-state index is 0. The minimum absolute atomic E-state index is 0. The number of benzene rings is 1. The molecule has 1 saturated heterocycles. The van der Waals surface area contributed by atoms with Gasteiger partial charge in [0.05, 0.1) is 0 Å². The lowest BCUT2D eigenvalue weighted by molar-refractivity contribution is 0.153. The number of nitrogens with one attached hydrogen (secondary N) is 1. The molecule has 1 atom stereocenters. The van der Waals surface area contributed by atoms with Gasteiger partial charge in [0.15, 0.2) is 0 Å². The summed E-state index contributed by atoms with van der Waals surface area (Å²) in [6.45, 7) is 16.0. The first-order valence-electron chi connectivity index (χ1n) is 8.01. The van der Waals surface area contributed by atoms with Gasteiger partial charge in [0.1, 0.15) is 0 Å². The second kappa shape index (κ2) is 9.77. The zero-order valence-electron chi connectivity index (χ0n) is 14.6. The molecule has 1 N–H and O–H groups in total. The SMILES string of the molecule is Cc1cc(C)c([C@@H](CC(C)C)N2CCNCC2)c(C)c1.Cl.Cl. The third kappa shape index (κ3) is 5.42. The third-order valence-electron chi connectivity index (χ3n) is 4.36. The van der Waals surface area contributed by atoms with Gasteiger partial charge in [-0.2, -0.15) is 0 Å². The molecule has 0 radical (unpaired) electrons. The zero-order valence-corrected chi connectivity index (χ0v) is 16.2. The van der Waals surface area contributed by atoms with Gasteiger partial charge in [0.2, 0.25) is 0 Å². The van der Waals surface area contributed by atoms with Gasteiger partial charge in [-0.1, -0.05) is 31.5 Å². The van der Waals surface area contributed by atoms with Crippen molar-refractivity contribution >= 4 is 24.8 Å². The average molecular weight is 347 g/mol. The Labute approximate surface area is 148 Å². The minimum Gasteiger partial charge on any atom is -0.314 e. The molecule has 2 nitrogen and oxygen atoms in total. The predicted molar refractivity (Wildman–Crippen MR) is 102 cm³/mol. The van der Waals surface area contributed by atoms with E-state index in [1.165, 1.54) is 36.2 Å². The Bertz CT molecular complexity index is 431. The fraction of sp³-hybridized carbons (Fsp3) is 0.667. The Kier molecular flexibility index (Phi) is 9.64. The smallest absolute Gasteiger partial charge is 0.0356 e. The zero-order chi connectivity index (χ0) is 14.7. The van der Waals surface area contributed by atoms with Crippen molar-refractivity contribution < 1.29 is 0 Å². The summed E-state index contributed by atoms with van der Waals surface area (Å²) in [5.74, 6) is 0.731. The highest BCUT2D eigenvalue weighted by Crippen LogP contribution is 2.33. The van der Waals surface area contributed by atoms with Crippen LogP contribution in [0.2, 0.25) is 0 Å². The molecule has 0 aliphatic carbocycles. The highest BCUT2D eigenvalue weighted by atomic mass is 35.5. The number of halogens is 2. The highest BCUT2D eigenvalue weighted by Gasteiger charge is 2.25. The van der Waals surface area contributed by atoms with E-state index in [0.717, 1.165) is 19.0 Å². The molecule has 0 bridgehead atoms. The summed E-state index contributed by atoms with van der Waals surface area (Å²) < 4.78 is 0. The lowest BCUT2D eigenvalue weighted by Gasteiger charge is -2.37. The Morgan fingerprint density at radius 1 is 1.00 bits per heavy atom. The Balaban J connectivity index is 0.00000220. The van der Waals surface area contributed by atoms with Crippen molar-refractivity contribution in [3.8, 4) is 0 Å². The van der Waals surface area contributed by atoms with E-state index in [0.29, 0.717) is 6.04 Å². The Morgan fingerprint density at radius 3 is 1.95 bits per heavy atom. The number of hydrogen-bond acceptors (Lipinski definition) is 2. The fourth-order valence-electron chi connectivity index (χ4n) is 3.61. The van der Waals surface area contributed by atoms with Crippen LogP contribution in [0.4, 0.5) is 0 Å². The molecule has 22 heavy (non-hydrogen) atoms. The van der Waals surface area contributed by atoms with Crippen LogP contribution in [0.3, 0.4) is 0 Å². The number of rotatable bonds is 4. The van der Waals surface area contributed by atoms with Crippen LogP contribution in [0.25, 0.3) is 0 Å². The van der Waals surface area contributed by atoms with Crippen molar-refractivity contribution in [2.75, 3.05) is 26.2 Å². The van der Waals surface area contributed by atoms with Gasteiger partial charge in [-0.3, -0.25) is 4.90 Å². The number of aryl methyl sites for hydroxylation is 3. The van der Waals surface area contributed by atoms with E-state index in [4.69, 9.17) is 0 Å². The predicted octanol–water partition coefficient (Wildman–Crippen LogP) is 4.45. The van der Waals surface area contributed by atoms with Gasteiger partial charge in [-0.15, -0.1) is 24.8 Å². The van der Waals surface area contributed by atoms with Crippen LogP contribution in [-0.4, -0.2) is 31.1 Å². The summed E-state index contributed by atoms with van der Waals surface area (Å²) in [7, 11) is 0. The van der Waals surface area contributed by atoms with Crippen molar-refractivity contribution in [1.82, 2.24) is 10.2 Å². The molecule has 0 amide bonds. The Morgan fingerprint density at radius 2 is 1.50 bits per heavy atom. The molecular formula is C18H32Cl2N2. The van der Waals surface area contributed by atoms with Crippen molar-refractivity contribution in [2.45, 2.75) is 47.1 Å². The van der Waals surface area contributed by atoms with E-state index >= 15 is 0 Å². The molecule has 0 spiro atoms. The second-order valence-corrected chi connectivity index (χ2v) is 6.74. The second-order valence-electron chi connectivity index (χ2n) is 6.74. The van der Waals surface area contributed by atoms with Gasteiger partial charge >= 0.3 is 0 Å². The average Bonchev–Trinajstić information content (AvgIpc) is 2.37. The quantitative estimate of drug-likeness (QED) is 0.866. The van der Waals surface area contributed by atoms with E-state index in [-0.39, 0.29) is 24.8 Å². The van der Waals surface area contributed by atoms with Crippen molar-refractivity contribution in [3.05, 3.63) is 34.4 Å². The maximum atomic E-state index is 3.47. The normalized spacial score (nSPS) is 16.8. The molecule has 128 valence electrons. The molecule has 1 aromatic carbocycles. The standard InChI is InChI=1S/C18H30N2.2ClH/c1-13(2)10-17(20-8-6-19-7-9-20)18-15(4)11-14(3)12-16(18)5;;/h11-13,17,19H,6-10H2,1-5H3;2*1H/t17-;;/m1../s1. The first-order valence-corrected chi connectivity index (χ1v) is 8.01. The number of hydrogen-bond donors (Lipinski definition) is 1. The van der Waals surface area contributed by atoms with Crippen molar-refractivity contribution in [3.63, 3.8) is 0 Å². The van der Waals surface area contributed by atoms with Crippen LogP contribution in [0.5, 0.6) is 0 Å². The third-order valence-corrected chi connectivity index (χ3v) is 4.36. The van der Waals surface area contributed by atoms with Gasteiger partial charge in [-0.05, 0) is 49.8 Å². The first kappa shape index (κ1) is 21.7. The highest BCUT2D eigenvalue weighted by molar-refractivity contribution is 5.85. The van der Waals surface area contributed by atoms with Gasteiger partial charge < -0.3 is 5.32 Å². The van der Waals surface area contributed by atoms with E-state index in [1.54, 1.807) is 5.56 Å². The summed E-state index contributed by atoms with van der Waals surface area (Å²) in [5, 5.41) is 3.47. The Hall–Kier alpha value is -0.280. The molecule has 1 aromatic rings. The summed E-state index contributed by atoms with van der Waals surface area (Å²) in [6.07, 6.45) is 1.25. The van der Waals surface area contributed by atoms with Crippen LogP contribution in [0.15, 0.2) is 12.1 Å². The van der Waals surface area contributed by atoms with Gasteiger partial charge in [0, 0.05) is 32.2 Å². The number of piperazine rings is 1. The van der Waals surface area contributed by atoms with E-state index < -0.39 is 0 Å². The summed E-state index contributed by atoms with van der Waals surface area (Å²) in [5.41, 5.74) is 5.89. The molecule has 0 unspecified atom stereocenters. The number of nitrogens with zero attached hydrogens (tertiary/aromatic N) is 1. The van der Waals surface area contributed by atoms with Crippen LogP contribution in [0.1, 0.15) is 48.6 Å². The van der Waals surface area contributed by atoms with E-state index in [2.05, 4.69) is 57.0 Å². The molecule has 1 aliphatic heterocycles. The molecule has 4 heteroatoms. The maximum Gasteiger partial charge on any atom is 0.0356 e. The van der Waals surface area contributed by atoms with Crippen LogP contribution >= 0.6 is 24.8 Å². The van der Waals surface area contributed by atoms with E-state index in [1.807, 2.05) is 0 Å². The van der Waals surface area contributed by atoms with Gasteiger partial charge in [0.25, 0.3) is 0 Å².